The maximum atomic E-state index is 13.1. The minimum atomic E-state index is -0.331. The number of hydrogen-bond donors (Lipinski definition) is 1. The minimum Gasteiger partial charge on any atom is -0.377 e. The average molecular weight is 408 g/mol. The van der Waals surface area contributed by atoms with E-state index in [1.165, 1.54) is 4.57 Å². The third-order valence-corrected chi connectivity index (χ3v) is 5.08. The van der Waals surface area contributed by atoms with Gasteiger partial charge in [-0.2, -0.15) is 4.98 Å². The number of pyridine rings is 3. The largest absolute Gasteiger partial charge is 0.377 e. The minimum absolute atomic E-state index is 0.131. The van der Waals surface area contributed by atoms with E-state index >= 15 is 0 Å². The Morgan fingerprint density at radius 3 is 2.53 bits per heavy atom. The maximum absolute atomic E-state index is 13.1. The van der Waals surface area contributed by atoms with Gasteiger partial charge in [0, 0.05) is 26.0 Å². The van der Waals surface area contributed by atoms with Crippen LogP contribution in [0.2, 0.25) is 0 Å². The standard InChI is InChI=1S/C21H24N6O3/c1-3-4-5-6-9-26-10-7-16-14(19(26)28)12-15-17(22-16)8-11-27(20(15)29)21-23-18(13-30-2)24-25-21/h7-8,10-12H,3-6,9,13H2,1-2H3,(H,23,24,25). The van der Waals surface area contributed by atoms with Crippen LogP contribution in [0.25, 0.3) is 27.8 Å². The second-order valence-corrected chi connectivity index (χ2v) is 7.23. The summed E-state index contributed by atoms with van der Waals surface area (Å²) in [5, 5.41) is 7.60. The summed E-state index contributed by atoms with van der Waals surface area (Å²) < 4.78 is 8.05. The smallest absolute Gasteiger partial charge is 0.267 e. The molecular formula is C21H24N6O3. The fraction of sp³-hybridized carbons (Fsp3) is 0.381. The number of aryl methyl sites for hydroxylation is 1. The van der Waals surface area contributed by atoms with Gasteiger partial charge in [-0.1, -0.05) is 26.2 Å². The monoisotopic (exact) mass is 408 g/mol. The number of unbranched alkanes of at least 4 members (excludes halogenated alkanes) is 3. The Balaban J connectivity index is 1.77. The number of rotatable bonds is 8. The second kappa shape index (κ2) is 8.58. The van der Waals surface area contributed by atoms with Crippen LogP contribution in [0.4, 0.5) is 0 Å². The Kier molecular flexibility index (Phi) is 5.71. The molecule has 0 aliphatic carbocycles. The predicted molar refractivity (Wildman–Crippen MR) is 114 cm³/mol. The molecule has 0 aliphatic heterocycles. The molecule has 0 aromatic carbocycles. The van der Waals surface area contributed by atoms with Gasteiger partial charge in [-0.25, -0.2) is 9.55 Å². The van der Waals surface area contributed by atoms with E-state index in [9.17, 15) is 9.59 Å². The fourth-order valence-corrected chi connectivity index (χ4v) is 3.50. The molecule has 4 aromatic rings. The number of methoxy groups -OCH3 is 1. The third kappa shape index (κ3) is 3.76. The molecule has 0 bridgehead atoms. The molecule has 0 atom stereocenters. The first-order chi connectivity index (χ1) is 14.6. The highest BCUT2D eigenvalue weighted by atomic mass is 16.5. The van der Waals surface area contributed by atoms with Crippen molar-refractivity contribution in [1.82, 2.24) is 29.3 Å². The lowest BCUT2D eigenvalue weighted by molar-refractivity contribution is 0.178. The summed E-state index contributed by atoms with van der Waals surface area (Å²) in [4.78, 5) is 34.8. The quantitative estimate of drug-likeness (QED) is 0.355. The zero-order chi connectivity index (χ0) is 21.1. The zero-order valence-corrected chi connectivity index (χ0v) is 17.1. The molecule has 9 nitrogen and oxygen atoms in total. The summed E-state index contributed by atoms with van der Waals surface area (Å²) in [5.74, 6) is 0.734. The molecule has 9 heteroatoms. The van der Waals surface area contributed by atoms with Crippen LogP contribution in [0, 0.1) is 0 Å². The van der Waals surface area contributed by atoms with Crippen LogP contribution in [0.3, 0.4) is 0 Å². The van der Waals surface area contributed by atoms with Crippen LogP contribution >= 0.6 is 0 Å². The van der Waals surface area contributed by atoms with Crippen LogP contribution in [0.15, 0.2) is 40.2 Å². The van der Waals surface area contributed by atoms with Crippen molar-refractivity contribution in [2.45, 2.75) is 45.8 Å². The van der Waals surface area contributed by atoms with Gasteiger partial charge in [0.25, 0.3) is 17.1 Å². The Morgan fingerprint density at radius 1 is 1.00 bits per heavy atom. The number of hydrogen-bond acceptors (Lipinski definition) is 6. The molecule has 4 rings (SSSR count). The van der Waals surface area contributed by atoms with Gasteiger partial charge in [0.05, 0.1) is 21.8 Å². The summed E-state index contributed by atoms with van der Waals surface area (Å²) in [7, 11) is 1.55. The number of H-pyrrole nitrogens is 1. The van der Waals surface area contributed by atoms with Crippen LogP contribution in [-0.4, -0.2) is 36.4 Å². The normalized spacial score (nSPS) is 11.5. The summed E-state index contributed by atoms with van der Waals surface area (Å²) >= 11 is 0. The molecule has 30 heavy (non-hydrogen) atoms. The van der Waals surface area contributed by atoms with Crippen molar-refractivity contribution in [3.63, 3.8) is 0 Å². The Bertz CT molecular complexity index is 1300. The lowest BCUT2D eigenvalue weighted by Crippen LogP contribution is -2.22. The SMILES string of the molecule is CCCCCCn1ccc2nc3ccn(-c4n[nH]c(COC)n4)c(=O)c3cc2c1=O. The van der Waals surface area contributed by atoms with Crippen molar-refractivity contribution in [1.29, 1.82) is 0 Å². The molecule has 0 spiro atoms. The molecule has 4 heterocycles. The molecule has 0 amide bonds. The summed E-state index contributed by atoms with van der Waals surface area (Å²) in [6.45, 7) is 3.08. The van der Waals surface area contributed by atoms with Gasteiger partial charge in [0.1, 0.15) is 6.61 Å². The van der Waals surface area contributed by atoms with E-state index in [1.54, 1.807) is 36.2 Å². The van der Waals surface area contributed by atoms with E-state index in [0.29, 0.717) is 34.2 Å². The van der Waals surface area contributed by atoms with Gasteiger partial charge >= 0.3 is 0 Å². The van der Waals surface area contributed by atoms with E-state index in [0.717, 1.165) is 25.7 Å². The van der Waals surface area contributed by atoms with Crippen molar-refractivity contribution < 1.29 is 4.74 Å². The molecule has 0 fully saturated rings. The third-order valence-electron chi connectivity index (χ3n) is 5.08. The van der Waals surface area contributed by atoms with Crippen molar-refractivity contribution in [2.75, 3.05) is 7.11 Å². The molecule has 0 saturated carbocycles. The van der Waals surface area contributed by atoms with Gasteiger partial charge in [-0.15, -0.1) is 5.10 Å². The fourth-order valence-electron chi connectivity index (χ4n) is 3.50. The molecule has 1 N–H and O–H groups in total. The van der Waals surface area contributed by atoms with Gasteiger partial charge in [0.2, 0.25) is 0 Å². The van der Waals surface area contributed by atoms with E-state index < -0.39 is 0 Å². The van der Waals surface area contributed by atoms with Crippen LogP contribution in [0.1, 0.15) is 38.4 Å². The highest BCUT2D eigenvalue weighted by Gasteiger charge is 2.13. The molecule has 0 aliphatic rings. The first-order valence-electron chi connectivity index (χ1n) is 10.1. The maximum Gasteiger partial charge on any atom is 0.267 e. The first kappa shape index (κ1) is 20.0. The molecule has 0 unspecified atom stereocenters. The highest BCUT2D eigenvalue weighted by molar-refractivity contribution is 5.91. The average Bonchev–Trinajstić information content (AvgIpc) is 3.21. The highest BCUT2D eigenvalue weighted by Crippen LogP contribution is 2.15. The molecule has 4 aromatic heterocycles. The Hall–Kier alpha value is -3.33. The number of nitrogens with one attached hydrogen (secondary N) is 1. The van der Waals surface area contributed by atoms with Gasteiger partial charge in [-0.05, 0) is 24.6 Å². The van der Waals surface area contributed by atoms with Crippen molar-refractivity contribution in [3.8, 4) is 5.95 Å². The second-order valence-electron chi connectivity index (χ2n) is 7.23. The van der Waals surface area contributed by atoms with Gasteiger partial charge in [-0.3, -0.25) is 14.7 Å². The van der Waals surface area contributed by atoms with Crippen molar-refractivity contribution in [3.05, 3.63) is 57.1 Å². The van der Waals surface area contributed by atoms with Crippen molar-refractivity contribution >= 4 is 21.8 Å². The Morgan fingerprint density at radius 2 is 1.77 bits per heavy atom. The lowest BCUT2D eigenvalue weighted by atomic mass is 10.1. The van der Waals surface area contributed by atoms with Gasteiger partial charge < -0.3 is 9.30 Å². The van der Waals surface area contributed by atoms with Crippen LogP contribution in [-0.2, 0) is 17.9 Å². The molecule has 0 radical (unpaired) electrons. The van der Waals surface area contributed by atoms with Gasteiger partial charge in [0.15, 0.2) is 5.82 Å². The topological polar surface area (TPSA) is 108 Å². The van der Waals surface area contributed by atoms with E-state index in [1.807, 2.05) is 6.07 Å². The first-order valence-corrected chi connectivity index (χ1v) is 10.1. The van der Waals surface area contributed by atoms with E-state index in [-0.39, 0.29) is 23.7 Å². The Labute approximate surface area is 172 Å². The summed E-state index contributed by atoms with van der Waals surface area (Å²) in [6, 6.07) is 5.18. The van der Waals surface area contributed by atoms with E-state index in [4.69, 9.17) is 4.74 Å². The van der Waals surface area contributed by atoms with Crippen LogP contribution in [0.5, 0.6) is 0 Å². The van der Waals surface area contributed by atoms with Crippen molar-refractivity contribution in [2.24, 2.45) is 0 Å². The summed E-state index contributed by atoms with van der Waals surface area (Å²) in [5.41, 5.74) is 0.641. The number of nitrogens with zero attached hydrogens (tertiary/aromatic N) is 5. The molecule has 0 saturated heterocycles. The molecular weight excluding hydrogens is 384 g/mol. The lowest BCUT2D eigenvalue weighted by Gasteiger charge is -2.08. The van der Waals surface area contributed by atoms with E-state index in [2.05, 4.69) is 27.1 Å². The molecule has 156 valence electrons. The number of fused-ring (bicyclic) bond motifs is 2. The number of aromatic amines is 1. The zero-order valence-electron chi connectivity index (χ0n) is 17.1. The van der Waals surface area contributed by atoms with Crippen LogP contribution < -0.4 is 11.1 Å². The summed E-state index contributed by atoms with van der Waals surface area (Å²) in [6.07, 6.45) is 7.69. The number of aromatic nitrogens is 6. The predicted octanol–water partition coefficient (Wildman–Crippen LogP) is 2.55. The number of ether oxygens (including phenoxy) is 1.